The van der Waals surface area contributed by atoms with Crippen LogP contribution in [0.5, 0.6) is 0 Å². The fourth-order valence-electron chi connectivity index (χ4n) is 2.65. The summed E-state index contributed by atoms with van der Waals surface area (Å²) in [7, 11) is 0. The van der Waals surface area contributed by atoms with E-state index in [0.717, 1.165) is 0 Å². The number of nitrogens with one attached hydrogen (secondary N) is 3. The molecule has 1 rings (SSSR count). The minimum absolute atomic E-state index is 0.140. The van der Waals surface area contributed by atoms with Gasteiger partial charge in [0.1, 0.15) is 6.04 Å². The second-order valence-electron chi connectivity index (χ2n) is 6.80. The Morgan fingerprint density at radius 2 is 1.67 bits per heavy atom. The van der Waals surface area contributed by atoms with Crippen molar-refractivity contribution in [3.63, 3.8) is 0 Å². The lowest BCUT2D eigenvalue weighted by molar-refractivity contribution is -0.141. The van der Waals surface area contributed by atoms with Crippen LogP contribution in [-0.4, -0.2) is 64.3 Å². The second-order valence-corrected chi connectivity index (χ2v) is 6.80. The maximum atomic E-state index is 12.0. The third-order valence-corrected chi connectivity index (χ3v) is 4.34. The number of hydrogen-bond acceptors (Lipinski definition) is 6. The summed E-state index contributed by atoms with van der Waals surface area (Å²) < 4.78 is 0. The van der Waals surface area contributed by atoms with Gasteiger partial charge in [0.05, 0.1) is 5.92 Å². The summed E-state index contributed by atoms with van der Waals surface area (Å²) in [6.45, 7) is -0.173. The highest BCUT2D eigenvalue weighted by Gasteiger charge is 2.24. The summed E-state index contributed by atoms with van der Waals surface area (Å²) in [5.41, 5.74) is 8.94. The molecular weight excluding hydrogens is 440 g/mol. The van der Waals surface area contributed by atoms with Crippen LogP contribution in [0.4, 0.5) is 10.5 Å². The van der Waals surface area contributed by atoms with Crippen molar-refractivity contribution in [1.82, 2.24) is 10.6 Å². The molecule has 0 heterocycles. The van der Waals surface area contributed by atoms with Crippen LogP contribution in [0.25, 0.3) is 10.4 Å². The Hall–Kier alpha value is -4.32. The van der Waals surface area contributed by atoms with Crippen molar-refractivity contribution in [2.24, 2.45) is 5.11 Å². The third kappa shape index (κ3) is 10.5. The van der Waals surface area contributed by atoms with Gasteiger partial charge < -0.3 is 31.3 Å². The van der Waals surface area contributed by atoms with E-state index in [1.54, 1.807) is 0 Å². The molecule has 1 aromatic rings. The quantitative estimate of drug-likeness (QED) is 0.102. The number of carbonyl (C=O) groups excluding carboxylic acids is 2. The van der Waals surface area contributed by atoms with E-state index in [4.69, 9.17) is 15.7 Å². The van der Waals surface area contributed by atoms with Crippen molar-refractivity contribution in [1.29, 1.82) is 0 Å². The standard InChI is InChI=1S/C19H24N6O8/c20-25-22-9-1-2-15(26)23-12-5-3-11(4-6-12)13(17(29)30)10-21-19(33)24-14(18(31)32)7-8-16(27)28/h3-6,13-14H,1-2,7-10H2,(H,23,26)(H,27,28)(H,29,30)(H,31,32)(H2,21,24,33)/t13?,14-/m0/s1. The highest BCUT2D eigenvalue weighted by Crippen LogP contribution is 2.19. The summed E-state index contributed by atoms with van der Waals surface area (Å²) in [5.74, 6) is -5.35. The Morgan fingerprint density at radius 3 is 2.21 bits per heavy atom. The van der Waals surface area contributed by atoms with Gasteiger partial charge in [-0.05, 0) is 36.1 Å². The first-order valence-corrected chi connectivity index (χ1v) is 9.76. The molecular formula is C19H24N6O8. The summed E-state index contributed by atoms with van der Waals surface area (Å²) in [5, 5.41) is 37.5. The zero-order valence-corrected chi connectivity index (χ0v) is 17.4. The van der Waals surface area contributed by atoms with Crippen LogP contribution >= 0.6 is 0 Å². The highest BCUT2D eigenvalue weighted by atomic mass is 16.4. The van der Waals surface area contributed by atoms with Gasteiger partial charge in [0.15, 0.2) is 0 Å². The predicted molar refractivity (Wildman–Crippen MR) is 114 cm³/mol. The van der Waals surface area contributed by atoms with Crippen LogP contribution in [0.15, 0.2) is 29.4 Å². The molecule has 0 radical (unpaired) electrons. The second kappa shape index (κ2) is 13.9. The van der Waals surface area contributed by atoms with Gasteiger partial charge in [0.2, 0.25) is 5.91 Å². The van der Waals surface area contributed by atoms with E-state index < -0.39 is 42.3 Å². The number of rotatable bonds is 14. The third-order valence-electron chi connectivity index (χ3n) is 4.34. The number of benzene rings is 1. The number of azide groups is 1. The van der Waals surface area contributed by atoms with Gasteiger partial charge in [-0.3, -0.25) is 14.4 Å². The van der Waals surface area contributed by atoms with Gasteiger partial charge in [-0.2, -0.15) is 0 Å². The van der Waals surface area contributed by atoms with E-state index in [1.807, 2.05) is 0 Å². The molecule has 1 aromatic carbocycles. The Balaban J connectivity index is 2.66. The van der Waals surface area contributed by atoms with E-state index in [-0.39, 0.29) is 31.8 Å². The van der Waals surface area contributed by atoms with Crippen LogP contribution in [0.3, 0.4) is 0 Å². The first-order chi connectivity index (χ1) is 15.6. The van der Waals surface area contributed by atoms with Crippen LogP contribution in [0.2, 0.25) is 0 Å². The Morgan fingerprint density at radius 1 is 1.00 bits per heavy atom. The lowest BCUT2D eigenvalue weighted by Gasteiger charge is -2.17. The Labute approximate surface area is 187 Å². The average molecular weight is 464 g/mol. The Bertz CT molecular complexity index is 913. The molecule has 1 unspecified atom stereocenters. The summed E-state index contributed by atoms with van der Waals surface area (Å²) in [6.07, 6.45) is -0.284. The molecule has 0 fully saturated rings. The molecule has 0 aliphatic heterocycles. The van der Waals surface area contributed by atoms with E-state index in [0.29, 0.717) is 17.7 Å². The number of carboxylic acid groups (broad SMARTS) is 3. The molecule has 0 spiro atoms. The number of anilines is 1. The van der Waals surface area contributed by atoms with Crippen LogP contribution in [0, 0.1) is 0 Å². The van der Waals surface area contributed by atoms with Crippen LogP contribution in [0.1, 0.15) is 37.2 Å². The summed E-state index contributed by atoms with van der Waals surface area (Å²) in [4.78, 5) is 59.7. The molecule has 6 N–H and O–H groups in total. The maximum Gasteiger partial charge on any atom is 0.326 e. The van der Waals surface area contributed by atoms with E-state index in [1.165, 1.54) is 24.3 Å². The molecule has 3 amide bonds. The summed E-state index contributed by atoms with van der Waals surface area (Å²) >= 11 is 0. The van der Waals surface area contributed by atoms with Crippen LogP contribution in [-0.2, 0) is 19.2 Å². The molecule has 0 bridgehead atoms. The van der Waals surface area contributed by atoms with Crippen molar-refractivity contribution >= 4 is 35.5 Å². The van der Waals surface area contributed by atoms with Gasteiger partial charge in [-0.25, -0.2) is 9.59 Å². The van der Waals surface area contributed by atoms with Gasteiger partial charge in [0, 0.05) is 36.5 Å². The van der Waals surface area contributed by atoms with Gasteiger partial charge in [0.25, 0.3) is 0 Å². The molecule has 2 atom stereocenters. The van der Waals surface area contributed by atoms with Crippen molar-refractivity contribution in [2.75, 3.05) is 18.4 Å². The summed E-state index contributed by atoms with van der Waals surface area (Å²) in [6, 6.07) is 3.50. The number of hydrogen-bond donors (Lipinski definition) is 6. The van der Waals surface area contributed by atoms with Crippen LogP contribution < -0.4 is 16.0 Å². The van der Waals surface area contributed by atoms with Gasteiger partial charge in [-0.1, -0.05) is 17.2 Å². The molecule has 14 heteroatoms. The number of amides is 3. The fraction of sp³-hybridized carbons (Fsp3) is 0.421. The minimum Gasteiger partial charge on any atom is -0.481 e. The molecule has 14 nitrogen and oxygen atoms in total. The SMILES string of the molecule is [N-]=[N+]=NCCCC(=O)Nc1ccc(C(CNC(=O)N[C@@H](CCC(=O)O)C(=O)O)C(=O)O)cc1. The van der Waals surface area contributed by atoms with Crippen molar-refractivity contribution in [3.05, 3.63) is 40.3 Å². The first kappa shape index (κ1) is 26.7. The fourth-order valence-corrected chi connectivity index (χ4v) is 2.65. The van der Waals surface area contributed by atoms with Gasteiger partial charge in [-0.15, -0.1) is 0 Å². The highest BCUT2D eigenvalue weighted by molar-refractivity contribution is 5.90. The van der Waals surface area contributed by atoms with E-state index in [9.17, 15) is 29.1 Å². The normalized spacial score (nSPS) is 11.9. The zero-order chi connectivity index (χ0) is 24.8. The lowest BCUT2D eigenvalue weighted by Crippen LogP contribution is -2.47. The Kier molecular flexibility index (Phi) is 11.2. The molecule has 0 aliphatic carbocycles. The zero-order valence-electron chi connectivity index (χ0n) is 17.4. The molecule has 178 valence electrons. The average Bonchev–Trinajstić information content (AvgIpc) is 2.75. The largest absolute Gasteiger partial charge is 0.481 e. The minimum atomic E-state index is -1.45. The monoisotopic (exact) mass is 464 g/mol. The van der Waals surface area contributed by atoms with Gasteiger partial charge >= 0.3 is 23.9 Å². The molecule has 33 heavy (non-hydrogen) atoms. The predicted octanol–water partition coefficient (Wildman–Crippen LogP) is 1.50. The first-order valence-electron chi connectivity index (χ1n) is 9.76. The molecule has 0 saturated heterocycles. The topological polar surface area (TPSA) is 231 Å². The number of nitrogens with zero attached hydrogens (tertiary/aromatic N) is 3. The maximum absolute atomic E-state index is 12.0. The van der Waals surface area contributed by atoms with Crippen molar-refractivity contribution < 1.29 is 39.3 Å². The van der Waals surface area contributed by atoms with Crippen molar-refractivity contribution in [2.45, 2.75) is 37.6 Å². The molecule has 0 saturated carbocycles. The number of carboxylic acids is 3. The van der Waals surface area contributed by atoms with E-state index in [2.05, 4.69) is 26.0 Å². The lowest BCUT2D eigenvalue weighted by atomic mass is 9.99. The molecule has 0 aromatic heterocycles. The number of aliphatic carboxylic acids is 3. The van der Waals surface area contributed by atoms with E-state index >= 15 is 0 Å². The number of urea groups is 1. The smallest absolute Gasteiger partial charge is 0.326 e. The molecule has 0 aliphatic rings. The number of carbonyl (C=O) groups is 5. The van der Waals surface area contributed by atoms with Crippen molar-refractivity contribution in [3.8, 4) is 0 Å².